The van der Waals surface area contributed by atoms with Crippen molar-refractivity contribution in [1.29, 1.82) is 0 Å². The Kier molecular flexibility index (Phi) is 4.55. The van der Waals surface area contributed by atoms with Crippen molar-refractivity contribution < 1.29 is 4.79 Å². The predicted molar refractivity (Wildman–Crippen MR) is 112 cm³/mol. The van der Waals surface area contributed by atoms with E-state index >= 15 is 0 Å². The van der Waals surface area contributed by atoms with E-state index in [1.165, 1.54) is 0 Å². The van der Waals surface area contributed by atoms with Gasteiger partial charge in [-0.1, -0.05) is 12.1 Å². The highest BCUT2D eigenvalue weighted by atomic mass is 16.1. The molecule has 4 aromatic rings. The summed E-state index contributed by atoms with van der Waals surface area (Å²) in [6.07, 6.45) is 0. The standard InChI is InChI=1S/C20H20N8O/c1-10-8-16(23-11(2)22-10)27-17-9-15(18-20(28-17)25-12(3)24-18)26-14-7-5-4-6-13(14)19(21)29/h4-9H,1-3H3,(H2,21,29)(H3,22,23,24,25,26,27,28). The van der Waals surface area contributed by atoms with E-state index in [0.29, 0.717) is 45.6 Å². The number of pyridine rings is 1. The molecular formula is C20H20N8O. The molecule has 0 saturated heterocycles. The van der Waals surface area contributed by atoms with Crippen LogP contribution in [-0.2, 0) is 0 Å². The molecule has 4 rings (SSSR count). The Morgan fingerprint density at radius 2 is 1.69 bits per heavy atom. The molecule has 3 heterocycles. The number of nitrogens with one attached hydrogen (secondary N) is 3. The van der Waals surface area contributed by atoms with Crippen molar-refractivity contribution >= 4 is 40.1 Å². The van der Waals surface area contributed by atoms with Crippen molar-refractivity contribution in [3.63, 3.8) is 0 Å². The number of aromatic amines is 1. The van der Waals surface area contributed by atoms with E-state index in [2.05, 4.69) is 35.6 Å². The van der Waals surface area contributed by atoms with E-state index in [0.717, 1.165) is 11.5 Å². The number of primary amides is 1. The van der Waals surface area contributed by atoms with Gasteiger partial charge in [-0.2, -0.15) is 0 Å². The molecule has 5 N–H and O–H groups in total. The fourth-order valence-corrected chi connectivity index (χ4v) is 3.13. The first kappa shape index (κ1) is 18.4. The molecule has 29 heavy (non-hydrogen) atoms. The average Bonchev–Trinajstić information content (AvgIpc) is 3.01. The normalized spacial score (nSPS) is 10.9. The zero-order valence-corrected chi connectivity index (χ0v) is 16.2. The lowest BCUT2D eigenvalue weighted by molar-refractivity contribution is 0.100. The third-order valence-corrected chi connectivity index (χ3v) is 4.26. The Labute approximate surface area is 166 Å². The third-order valence-electron chi connectivity index (χ3n) is 4.26. The molecule has 9 nitrogen and oxygen atoms in total. The van der Waals surface area contributed by atoms with Gasteiger partial charge in [-0.05, 0) is 32.9 Å². The second-order valence-electron chi connectivity index (χ2n) is 6.68. The van der Waals surface area contributed by atoms with Crippen LogP contribution in [0.5, 0.6) is 0 Å². The maximum Gasteiger partial charge on any atom is 0.250 e. The molecule has 0 spiro atoms. The molecule has 9 heteroatoms. The number of hydrogen-bond donors (Lipinski definition) is 4. The summed E-state index contributed by atoms with van der Waals surface area (Å²) in [6.45, 7) is 5.59. The summed E-state index contributed by atoms with van der Waals surface area (Å²) in [4.78, 5) is 32.7. The van der Waals surface area contributed by atoms with Crippen molar-refractivity contribution in [3.8, 4) is 0 Å². The number of fused-ring (bicyclic) bond motifs is 1. The minimum Gasteiger partial charge on any atom is -0.366 e. The summed E-state index contributed by atoms with van der Waals surface area (Å²) in [5.74, 6) is 2.09. The molecule has 1 amide bonds. The highest BCUT2D eigenvalue weighted by Crippen LogP contribution is 2.29. The molecule has 0 aliphatic heterocycles. The number of anilines is 4. The molecule has 0 aliphatic rings. The molecule has 0 bridgehead atoms. The van der Waals surface area contributed by atoms with E-state index < -0.39 is 5.91 Å². The second kappa shape index (κ2) is 7.19. The predicted octanol–water partition coefficient (Wildman–Crippen LogP) is 3.26. The fourth-order valence-electron chi connectivity index (χ4n) is 3.13. The summed E-state index contributed by atoms with van der Waals surface area (Å²) < 4.78 is 0. The largest absolute Gasteiger partial charge is 0.366 e. The van der Waals surface area contributed by atoms with Crippen LogP contribution in [-0.4, -0.2) is 30.8 Å². The molecule has 0 unspecified atom stereocenters. The lowest BCUT2D eigenvalue weighted by Crippen LogP contribution is -2.13. The van der Waals surface area contributed by atoms with E-state index in [4.69, 9.17) is 5.73 Å². The molecule has 0 aliphatic carbocycles. The minimum absolute atomic E-state index is 0.390. The van der Waals surface area contributed by atoms with Crippen molar-refractivity contribution in [2.45, 2.75) is 20.8 Å². The van der Waals surface area contributed by atoms with Crippen LogP contribution < -0.4 is 16.4 Å². The number of para-hydroxylation sites is 1. The van der Waals surface area contributed by atoms with Gasteiger partial charge in [0.2, 0.25) is 0 Å². The Bertz CT molecular complexity index is 1210. The number of aryl methyl sites for hydroxylation is 3. The topological polar surface area (TPSA) is 134 Å². The van der Waals surface area contributed by atoms with Gasteiger partial charge in [-0.15, -0.1) is 0 Å². The first-order valence-electron chi connectivity index (χ1n) is 9.01. The molecule has 0 saturated carbocycles. The number of nitrogens with zero attached hydrogens (tertiary/aromatic N) is 4. The Hall–Kier alpha value is -4.01. The van der Waals surface area contributed by atoms with Gasteiger partial charge < -0.3 is 21.4 Å². The van der Waals surface area contributed by atoms with Crippen LogP contribution in [0.4, 0.5) is 23.0 Å². The zero-order chi connectivity index (χ0) is 20.5. The lowest BCUT2D eigenvalue weighted by atomic mass is 10.1. The molecule has 3 aromatic heterocycles. The number of amides is 1. The third kappa shape index (κ3) is 3.84. The summed E-state index contributed by atoms with van der Waals surface area (Å²) >= 11 is 0. The lowest BCUT2D eigenvalue weighted by Gasteiger charge is -2.12. The molecule has 0 radical (unpaired) electrons. The molecule has 0 fully saturated rings. The number of carbonyl (C=O) groups excluding carboxylic acids is 1. The maximum absolute atomic E-state index is 11.8. The van der Waals surface area contributed by atoms with Crippen LogP contribution >= 0.6 is 0 Å². The number of nitrogens with two attached hydrogens (primary N) is 1. The molecular weight excluding hydrogens is 368 g/mol. The Morgan fingerprint density at radius 1 is 0.931 bits per heavy atom. The number of imidazole rings is 1. The number of carbonyl (C=O) groups is 1. The molecule has 146 valence electrons. The number of aromatic nitrogens is 5. The first-order valence-corrected chi connectivity index (χ1v) is 9.01. The number of benzene rings is 1. The zero-order valence-electron chi connectivity index (χ0n) is 16.2. The quantitative estimate of drug-likeness (QED) is 0.412. The van der Waals surface area contributed by atoms with E-state index in [1.807, 2.05) is 39.0 Å². The monoisotopic (exact) mass is 388 g/mol. The smallest absolute Gasteiger partial charge is 0.250 e. The van der Waals surface area contributed by atoms with E-state index in [1.54, 1.807) is 18.2 Å². The SMILES string of the molecule is Cc1cc(Nc2cc(Nc3ccccc3C(N)=O)c3nc(C)[nH]c3n2)nc(C)n1. The van der Waals surface area contributed by atoms with Crippen LogP contribution in [0, 0.1) is 20.8 Å². The summed E-state index contributed by atoms with van der Waals surface area (Å²) in [6, 6.07) is 10.7. The van der Waals surface area contributed by atoms with Crippen LogP contribution in [0.15, 0.2) is 36.4 Å². The van der Waals surface area contributed by atoms with Crippen molar-refractivity contribution in [3.05, 3.63) is 59.3 Å². The van der Waals surface area contributed by atoms with Crippen molar-refractivity contribution in [1.82, 2.24) is 24.9 Å². The highest BCUT2D eigenvalue weighted by Gasteiger charge is 2.14. The van der Waals surface area contributed by atoms with E-state index in [-0.39, 0.29) is 0 Å². The number of rotatable bonds is 5. The van der Waals surface area contributed by atoms with Gasteiger partial charge in [0.25, 0.3) is 5.91 Å². The Morgan fingerprint density at radius 3 is 2.45 bits per heavy atom. The second-order valence-corrected chi connectivity index (χ2v) is 6.68. The Balaban J connectivity index is 1.78. The fraction of sp³-hybridized carbons (Fsp3) is 0.150. The van der Waals surface area contributed by atoms with Crippen LogP contribution in [0.25, 0.3) is 11.2 Å². The van der Waals surface area contributed by atoms with Crippen molar-refractivity contribution in [2.24, 2.45) is 5.73 Å². The van der Waals surface area contributed by atoms with Gasteiger partial charge >= 0.3 is 0 Å². The van der Waals surface area contributed by atoms with Crippen LogP contribution in [0.2, 0.25) is 0 Å². The number of H-pyrrole nitrogens is 1. The summed E-state index contributed by atoms with van der Waals surface area (Å²) in [5, 5.41) is 6.47. The van der Waals surface area contributed by atoms with Gasteiger partial charge in [0.15, 0.2) is 5.65 Å². The van der Waals surface area contributed by atoms with Crippen molar-refractivity contribution in [2.75, 3.05) is 10.6 Å². The van der Waals surface area contributed by atoms with Crippen LogP contribution in [0.1, 0.15) is 27.7 Å². The van der Waals surface area contributed by atoms with Gasteiger partial charge in [0.1, 0.15) is 28.8 Å². The minimum atomic E-state index is -0.512. The highest BCUT2D eigenvalue weighted by molar-refractivity contribution is 6.00. The van der Waals surface area contributed by atoms with Crippen LogP contribution in [0.3, 0.4) is 0 Å². The maximum atomic E-state index is 11.8. The molecule has 1 aromatic carbocycles. The van der Waals surface area contributed by atoms with E-state index in [9.17, 15) is 4.79 Å². The van der Waals surface area contributed by atoms with Gasteiger partial charge in [0, 0.05) is 17.8 Å². The number of hydrogen-bond acceptors (Lipinski definition) is 7. The first-order chi connectivity index (χ1) is 13.9. The van der Waals surface area contributed by atoms with Gasteiger partial charge in [0.05, 0.1) is 16.9 Å². The van der Waals surface area contributed by atoms with Gasteiger partial charge in [-0.25, -0.2) is 19.9 Å². The summed E-state index contributed by atoms with van der Waals surface area (Å²) in [5.41, 5.74) is 9.28. The average molecular weight is 388 g/mol. The molecule has 0 atom stereocenters. The summed E-state index contributed by atoms with van der Waals surface area (Å²) in [7, 11) is 0. The van der Waals surface area contributed by atoms with Gasteiger partial charge in [-0.3, -0.25) is 4.79 Å².